The van der Waals surface area contributed by atoms with E-state index in [-0.39, 0.29) is 11.5 Å². The van der Waals surface area contributed by atoms with Crippen molar-refractivity contribution in [3.8, 4) is 0 Å². The SMILES string of the molecule is CCCN1CCN(C(=O)c2c(F)cccc2Br)CC1. The predicted molar refractivity (Wildman–Crippen MR) is 76.7 cm³/mol. The number of carbonyl (C=O) groups excluding carboxylic acids is 1. The molecule has 1 aliphatic heterocycles. The molecule has 3 nitrogen and oxygen atoms in total. The van der Waals surface area contributed by atoms with Gasteiger partial charge >= 0.3 is 0 Å². The molecule has 0 atom stereocenters. The van der Waals surface area contributed by atoms with Crippen LogP contribution in [0.2, 0.25) is 0 Å². The van der Waals surface area contributed by atoms with Crippen molar-refractivity contribution in [2.24, 2.45) is 0 Å². The van der Waals surface area contributed by atoms with Gasteiger partial charge in [0.05, 0.1) is 5.56 Å². The minimum absolute atomic E-state index is 0.145. The first-order valence-electron chi connectivity index (χ1n) is 6.59. The van der Waals surface area contributed by atoms with E-state index in [4.69, 9.17) is 0 Å². The van der Waals surface area contributed by atoms with Gasteiger partial charge in [-0.05, 0) is 41.0 Å². The van der Waals surface area contributed by atoms with Crippen LogP contribution in [0.1, 0.15) is 23.7 Å². The molecule has 0 saturated carbocycles. The summed E-state index contributed by atoms with van der Waals surface area (Å²) in [5, 5.41) is 0. The maximum Gasteiger partial charge on any atom is 0.258 e. The van der Waals surface area contributed by atoms with Gasteiger partial charge in [0.15, 0.2) is 0 Å². The standard InChI is InChI=1S/C14H18BrFN2O/c1-2-6-17-7-9-18(10-8-17)14(19)13-11(15)4-3-5-12(13)16/h3-5H,2,6-10H2,1H3. The Bertz CT molecular complexity index is 439. The zero-order valence-electron chi connectivity index (χ0n) is 11.0. The molecule has 0 aromatic heterocycles. The lowest BCUT2D eigenvalue weighted by molar-refractivity contribution is 0.0632. The summed E-state index contributed by atoms with van der Waals surface area (Å²) in [6.07, 6.45) is 1.12. The summed E-state index contributed by atoms with van der Waals surface area (Å²) in [7, 11) is 0. The zero-order valence-corrected chi connectivity index (χ0v) is 12.6. The number of rotatable bonds is 3. The molecule has 0 aliphatic carbocycles. The fraction of sp³-hybridized carbons (Fsp3) is 0.500. The smallest absolute Gasteiger partial charge is 0.258 e. The Morgan fingerprint density at radius 2 is 2.00 bits per heavy atom. The number of amides is 1. The molecule has 5 heteroatoms. The Labute approximate surface area is 121 Å². The summed E-state index contributed by atoms with van der Waals surface area (Å²) in [6.45, 7) is 6.27. The van der Waals surface area contributed by atoms with Crippen molar-refractivity contribution in [3.63, 3.8) is 0 Å². The molecule has 0 unspecified atom stereocenters. The van der Waals surface area contributed by atoms with Gasteiger partial charge in [-0.25, -0.2) is 4.39 Å². The van der Waals surface area contributed by atoms with Crippen LogP contribution < -0.4 is 0 Å². The molecule has 1 amide bonds. The number of carbonyl (C=O) groups is 1. The van der Waals surface area contributed by atoms with Gasteiger partial charge in [0.1, 0.15) is 5.82 Å². The predicted octanol–water partition coefficient (Wildman–Crippen LogP) is 2.76. The van der Waals surface area contributed by atoms with Crippen LogP contribution in [-0.2, 0) is 0 Å². The number of hydrogen-bond donors (Lipinski definition) is 0. The first-order valence-corrected chi connectivity index (χ1v) is 7.38. The van der Waals surface area contributed by atoms with Crippen LogP contribution in [-0.4, -0.2) is 48.4 Å². The fourth-order valence-corrected chi connectivity index (χ4v) is 2.86. The molecule has 1 aromatic carbocycles. The van der Waals surface area contributed by atoms with Gasteiger partial charge in [-0.3, -0.25) is 9.69 Å². The maximum atomic E-state index is 13.8. The van der Waals surface area contributed by atoms with Crippen molar-refractivity contribution < 1.29 is 9.18 Å². The molecule has 0 bridgehead atoms. The Morgan fingerprint density at radius 1 is 1.32 bits per heavy atom. The summed E-state index contributed by atoms with van der Waals surface area (Å²) in [5.41, 5.74) is 0.145. The largest absolute Gasteiger partial charge is 0.336 e. The molecule has 0 radical (unpaired) electrons. The van der Waals surface area contributed by atoms with Crippen molar-refractivity contribution in [1.29, 1.82) is 0 Å². The minimum Gasteiger partial charge on any atom is -0.336 e. The van der Waals surface area contributed by atoms with E-state index in [9.17, 15) is 9.18 Å². The third kappa shape index (κ3) is 3.34. The van der Waals surface area contributed by atoms with Crippen molar-refractivity contribution >= 4 is 21.8 Å². The van der Waals surface area contributed by atoms with Crippen molar-refractivity contribution in [3.05, 3.63) is 34.1 Å². The van der Waals surface area contributed by atoms with Gasteiger partial charge < -0.3 is 4.90 Å². The molecule has 1 aromatic rings. The lowest BCUT2D eigenvalue weighted by atomic mass is 10.1. The quantitative estimate of drug-likeness (QED) is 0.851. The van der Waals surface area contributed by atoms with Crippen LogP contribution in [0.15, 0.2) is 22.7 Å². The topological polar surface area (TPSA) is 23.6 Å². The van der Waals surface area contributed by atoms with E-state index in [0.29, 0.717) is 17.6 Å². The molecule has 2 rings (SSSR count). The third-order valence-corrected chi connectivity index (χ3v) is 4.04. The molecule has 0 N–H and O–H groups in total. The van der Waals surface area contributed by atoms with Gasteiger partial charge in [0.2, 0.25) is 0 Å². The molecule has 1 heterocycles. The van der Waals surface area contributed by atoms with Gasteiger partial charge in [-0.15, -0.1) is 0 Å². The van der Waals surface area contributed by atoms with Crippen LogP contribution in [0.5, 0.6) is 0 Å². The number of benzene rings is 1. The first kappa shape index (κ1) is 14.5. The second-order valence-electron chi connectivity index (χ2n) is 4.73. The summed E-state index contributed by atoms with van der Waals surface area (Å²) in [4.78, 5) is 16.4. The molecular formula is C14H18BrFN2O. The van der Waals surface area contributed by atoms with Crippen LogP contribution in [0, 0.1) is 5.82 Å². The Hall–Kier alpha value is -0.940. The lowest BCUT2D eigenvalue weighted by Gasteiger charge is -2.34. The molecule has 0 spiro atoms. The number of halogens is 2. The van der Waals surface area contributed by atoms with Crippen LogP contribution in [0.4, 0.5) is 4.39 Å². The molecule has 19 heavy (non-hydrogen) atoms. The van der Waals surface area contributed by atoms with E-state index in [0.717, 1.165) is 26.1 Å². The Balaban J connectivity index is 2.05. The second-order valence-corrected chi connectivity index (χ2v) is 5.58. The monoisotopic (exact) mass is 328 g/mol. The van der Waals surface area contributed by atoms with E-state index < -0.39 is 5.82 Å². The normalized spacial score (nSPS) is 16.7. The van der Waals surface area contributed by atoms with Crippen LogP contribution in [0.25, 0.3) is 0 Å². The molecule has 1 saturated heterocycles. The average molecular weight is 329 g/mol. The number of nitrogens with zero attached hydrogens (tertiary/aromatic N) is 2. The summed E-state index contributed by atoms with van der Waals surface area (Å²) < 4.78 is 14.3. The highest BCUT2D eigenvalue weighted by atomic mass is 79.9. The minimum atomic E-state index is -0.463. The van der Waals surface area contributed by atoms with E-state index in [1.54, 1.807) is 17.0 Å². The molecular weight excluding hydrogens is 311 g/mol. The molecule has 104 valence electrons. The van der Waals surface area contributed by atoms with Gasteiger partial charge in [-0.2, -0.15) is 0 Å². The van der Waals surface area contributed by atoms with Gasteiger partial charge in [0.25, 0.3) is 5.91 Å². The van der Waals surface area contributed by atoms with E-state index in [1.807, 2.05) is 0 Å². The zero-order chi connectivity index (χ0) is 13.8. The summed E-state index contributed by atoms with van der Waals surface area (Å²) in [6, 6.07) is 4.62. The second kappa shape index (κ2) is 6.48. The highest BCUT2D eigenvalue weighted by Gasteiger charge is 2.25. The van der Waals surface area contributed by atoms with E-state index in [2.05, 4.69) is 27.8 Å². The van der Waals surface area contributed by atoms with Gasteiger partial charge in [-0.1, -0.05) is 13.0 Å². The highest BCUT2D eigenvalue weighted by molar-refractivity contribution is 9.10. The summed E-state index contributed by atoms with van der Waals surface area (Å²) in [5.74, 6) is -0.684. The van der Waals surface area contributed by atoms with E-state index >= 15 is 0 Å². The average Bonchev–Trinajstić information content (AvgIpc) is 2.39. The number of hydrogen-bond acceptors (Lipinski definition) is 2. The number of piperazine rings is 1. The third-order valence-electron chi connectivity index (χ3n) is 3.38. The summed E-state index contributed by atoms with van der Waals surface area (Å²) >= 11 is 3.25. The molecule has 1 fully saturated rings. The van der Waals surface area contributed by atoms with Crippen LogP contribution in [0.3, 0.4) is 0 Å². The molecule has 1 aliphatic rings. The van der Waals surface area contributed by atoms with Crippen molar-refractivity contribution in [2.45, 2.75) is 13.3 Å². The van der Waals surface area contributed by atoms with Crippen molar-refractivity contribution in [1.82, 2.24) is 9.80 Å². The maximum absolute atomic E-state index is 13.8. The van der Waals surface area contributed by atoms with Crippen LogP contribution >= 0.6 is 15.9 Å². The van der Waals surface area contributed by atoms with Crippen molar-refractivity contribution in [2.75, 3.05) is 32.7 Å². The lowest BCUT2D eigenvalue weighted by Crippen LogP contribution is -2.49. The Kier molecular flexibility index (Phi) is 4.93. The van der Waals surface area contributed by atoms with Gasteiger partial charge in [0, 0.05) is 30.7 Å². The highest BCUT2D eigenvalue weighted by Crippen LogP contribution is 2.22. The first-order chi connectivity index (χ1) is 9.13. The Morgan fingerprint density at radius 3 is 2.58 bits per heavy atom. The van der Waals surface area contributed by atoms with E-state index in [1.165, 1.54) is 6.07 Å². The fourth-order valence-electron chi connectivity index (χ4n) is 2.35.